The SMILES string of the molecule is C1CCC1.O=[PH](O)O. The van der Waals surface area contributed by atoms with E-state index in [0.29, 0.717) is 0 Å². The van der Waals surface area contributed by atoms with Crippen LogP contribution in [-0.4, -0.2) is 9.79 Å². The Labute approximate surface area is 49.3 Å². The number of hydrogen-bond acceptors (Lipinski definition) is 1. The fourth-order valence-electron chi connectivity index (χ4n) is 0.250. The molecular formula is C4H11O3P. The molecule has 0 bridgehead atoms. The minimum atomic E-state index is -3.13. The zero-order chi connectivity index (χ0) is 6.41. The van der Waals surface area contributed by atoms with E-state index < -0.39 is 8.25 Å². The minimum absolute atomic E-state index is 1.50. The highest BCUT2D eigenvalue weighted by molar-refractivity contribution is 7.30. The monoisotopic (exact) mass is 138 g/mol. The average Bonchev–Trinajstić information content (AvgIpc) is 1.19. The largest absolute Gasteiger partial charge is 0.326 e. The van der Waals surface area contributed by atoms with Gasteiger partial charge in [-0.05, 0) is 0 Å². The summed E-state index contributed by atoms with van der Waals surface area (Å²) in [7, 11) is -3.13. The minimum Gasteiger partial charge on any atom is -0.326 e. The van der Waals surface area contributed by atoms with Gasteiger partial charge in [0, 0.05) is 0 Å². The fraction of sp³-hybridized carbons (Fsp3) is 1.00. The summed E-state index contributed by atoms with van der Waals surface area (Å²) in [5, 5.41) is 0. The fourth-order valence-corrected chi connectivity index (χ4v) is 0.250. The maximum Gasteiger partial charge on any atom is 0.314 e. The van der Waals surface area contributed by atoms with Gasteiger partial charge in [0.05, 0.1) is 0 Å². The van der Waals surface area contributed by atoms with E-state index in [1.807, 2.05) is 0 Å². The zero-order valence-corrected chi connectivity index (χ0v) is 5.63. The van der Waals surface area contributed by atoms with Gasteiger partial charge in [0.15, 0.2) is 0 Å². The molecule has 1 fully saturated rings. The van der Waals surface area contributed by atoms with Crippen molar-refractivity contribution in [3.8, 4) is 0 Å². The lowest BCUT2D eigenvalue weighted by Crippen LogP contribution is -1.85. The van der Waals surface area contributed by atoms with Crippen LogP contribution in [-0.2, 0) is 4.57 Å². The maximum absolute atomic E-state index is 8.74. The van der Waals surface area contributed by atoms with E-state index in [1.54, 1.807) is 0 Å². The third kappa shape index (κ3) is 9.47. The second-order valence-corrected chi connectivity index (χ2v) is 2.26. The van der Waals surface area contributed by atoms with E-state index in [-0.39, 0.29) is 0 Å². The van der Waals surface area contributed by atoms with Crippen LogP contribution in [0, 0.1) is 0 Å². The molecule has 0 atom stereocenters. The van der Waals surface area contributed by atoms with E-state index in [4.69, 9.17) is 14.4 Å². The summed E-state index contributed by atoms with van der Waals surface area (Å²) in [6.45, 7) is 0. The molecule has 1 aliphatic carbocycles. The Morgan fingerprint density at radius 1 is 1.00 bits per heavy atom. The Morgan fingerprint density at radius 2 is 1.12 bits per heavy atom. The molecule has 0 unspecified atom stereocenters. The van der Waals surface area contributed by atoms with Crippen molar-refractivity contribution in [3.63, 3.8) is 0 Å². The van der Waals surface area contributed by atoms with Gasteiger partial charge in [-0.25, -0.2) is 0 Å². The molecule has 0 spiro atoms. The molecule has 0 aliphatic heterocycles. The third-order valence-corrected chi connectivity index (χ3v) is 1.000. The van der Waals surface area contributed by atoms with E-state index in [9.17, 15) is 0 Å². The molecule has 1 aliphatic rings. The summed E-state index contributed by atoms with van der Waals surface area (Å²) >= 11 is 0. The Hall–Kier alpha value is 0.150. The molecule has 2 N–H and O–H groups in total. The lowest BCUT2D eigenvalue weighted by atomic mass is 10.0. The summed E-state index contributed by atoms with van der Waals surface area (Å²) in [6, 6.07) is 0. The van der Waals surface area contributed by atoms with Crippen LogP contribution in [0.2, 0.25) is 0 Å². The Kier molecular flexibility index (Phi) is 5.39. The smallest absolute Gasteiger partial charge is 0.314 e. The zero-order valence-electron chi connectivity index (χ0n) is 4.63. The van der Waals surface area contributed by atoms with Crippen molar-refractivity contribution < 1.29 is 14.4 Å². The van der Waals surface area contributed by atoms with Crippen molar-refractivity contribution in [2.75, 3.05) is 0 Å². The van der Waals surface area contributed by atoms with Crippen molar-refractivity contribution in [3.05, 3.63) is 0 Å². The van der Waals surface area contributed by atoms with Gasteiger partial charge in [0.1, 0.15) is 0 Å². The highest BCUT2D eigenvalue weighted by Crippen LogP contribution is 2.15. The topological polar surface area (TPSA) is 57.5 Å². The number of rotatable bonds is 0. The predicted octanol–water partition coefficient (Wildman–Crippen LogP) is 0.921. The van der Waals surface area contributed by atoms with Crippen LogP contribution in [0.25, 0.3) is 0 Å². The van der Waals surface area contributed by atoms with Crippen LogP contribution in [0.3, 0.4) is 0 Å². The highest BCUT2D eigenvalue weighted by Gasteiger charge is 1.95. The van der Waals surface area contributed by atoms with Gasteiger partial charge in [-0.2, -0.15) is 0 Å². The average molecular weight is 138 g/mol. The van der Waals surface area contributed by atoms with Gasteiger partial charge in [0.2, 0.25) is 0 Å². The standard InChI is InChI=1S/C4H8.H3O3P/c1-2-4-3-1;1-4(2)3/h1-4H2;4H,(H2,1,2,3). The Balaban J connectivity index is 0.000000122. The Morgan fingerprint density at radius 3 is 1.12 bits per heavy atom. The molecule has 0 aromatic heterocycles. The first-order valence-electron chi connectivity index (χ1n) is 2.65. The molecule has 1 rings (SSSR count). The summed E-state index contributed by atoms with van der Waals surface area (Å²) in [5.74, 6) is 0. The van der Waals surface area contributed by atoms with Gasteiger partial charge in [-0.15, -0.1) is 0 Å². The van der Waals surface area contributed by atoms with E-state index in [1.165, 1.54) is 25.7 Å². The van der Waals surface area contributed by atoms with Crippen LogP contribution in [0.15, 0.2) is 0 Å². The third-order valence-electron chi connectivity index (χ3n) is 1.000. The van der Waals surface area contributed by atoms with Crippen molar-refractivity contribution in [1.29, 1.82) is 0 Å². The van der Waals surface area contributed by atoms with Crippen LogP contribution >= 0.6 is 8.25 Å². The van der Waals surface area contributed by atoms with Gasteiger partial charge in [0.25, 0.3) is 0 Å². The molecule has 8 heavy (non-hydrogen) atoms. The predicted molar refractivity (Wildman–Crippen MR) is 31.9 cm³/mol. The first kappa shape index (κ1) is 8.15. The van der Waals surface area contributed by atoms with Crippen LogP contribution in [0.4, 0.5) is 0 Å². The molecule has 0 amide bonds. The maximum atomic E-state index is 8.74. The van der Waals surface area contributed by atoms with Crippen LogP contribution in [0.5, 0.6) is 0 Å². The molecule has 0 radical (unpaired) electrons. The quantitative estimate of drug-likeness (QED) is 0.489. The van der Waals surface area contributed by atoms with Crippen LogP contribution in [0.1, 0.15) is 25.7 Å². The summed E-state index contributed by atoms with van der Waals surface area (Å²) in [4.78, 5) is 14.3. The van der Waals surface area contributed by atoms with Crippen molar-refractivity contribution in [1.82, 2.24) is 0 Å². The lowest BCUT2D eigenvalue weighted by Gasteiger charge is -2.05. The van der Waals surface area contributed by atoms with E-state index >= 15 is 0 Å². The van der Waals surface area contributed by atoms with Crippen molar-refractivity contribution in [2.24, 2.45) is 0 Å². The van der Waals surface area contributed by atoms with Gasteiger partial charge in [-0.1, -0.05) is 25.7 Å². The highest BCUT2D eigenvalue weighted by atomic mass is 31.1. The Bertz CT molecular complexity index is 61.7. The van der Waals surface area contributed by atoms with Crippen molar-refractivity contribution in [2.45, 2.75) is 25.7 Å². The first-order chi connectivity index (χ1) is 3.73. The first-order valence-corrected chi connectivity index (χ1v) is 3.95. The molecule has 1 saturated carbocycles. The second-order valence-electron chi connectivity index (χ2n) is 1.70. The van der Waals surface area contributed by atoms with E-state index in [2.05, 4.69) is 0 Å². The summed E-state index contributed by atoms with van der Waals surface area (Å²) in [5.41, 5.74) is 0. The molecule has 0 saturated heterocycles. The van der Waals surface area contributed by atoms with Crippen molar-refractivity contribution >= 4 is 8.25 Å². The van der Waals surface area contributed by atoms with Crippen LogP contribution < -0.4 is 0 Å². The molecule has 4 heteroatoms. The number of hydrogen-bond donors (Lipinski definition) is 2. The van der Waals surface area contributed by atoms with Gasteiger partial charge >= 0.3 is 8.25 Å². The lowest BCUT2D eigenvalue weighted by molar-refractivity contribution is 0.405. The molecular weight excluding hydrogens is 127 g/mol. The molecule has 0 heterocycles. The molecule has 50 valence electrons. The van der Waals surface area contributed by atoms with Gasteiger partial charge < -0.3 is 9.79 Å². The van der Waals surface area contributed by atoms with Gasteiger partial charge in [-0.3, -0.25) is 4.57 Å². The second kappa shape index (κ2) is 5.29. The molecule has 0 aromatic carbocycles. The normalized spacial score (nSPS) is 16.4. The van der Waals surface area contributed by atoms with E-state index in [0.717, 1.165) is 0 Å². The molecule has 3 nitrogen and oxygen atoms in total. The summed E-state index contributed by atoms with van der Waals surface area (Å²) in [6.07, 6.45) is 6.00. The summed E-state index contributed by atoms with van der Waals surface area (Å²) < 4.78 is 8.74. The molecule has 0 aromatic rings.